The molecule has 2 N–H and O–H groups in total. The number of carbonyl (C=O) groups excluding carboxylic acids is 2. The number of carbonyl (C=O) groups is 2. The van der Waals surface area contributed by atoms with Crippen molar-refractivity contribution in [3.8, 4) is 0 Å². The molecule has 0 saturated carbocycles. The maximum atomic E-state index is 12.4. The second-order valence-electron chi connectivity index (χ2n) is 7.13. The molecule has 0 unspecified atom stereocenters. The molecule has 0 atom stereocenters. The normalized spacial score (nSPS) is 18.0. The average Bonchev–Trinajstić information content (AvgIpc) is 2.74. The van der Waals surface area contributed by atoms with E-state index >= 15 is 0 Å². The standard InChI is InChI=1S/C20H36O8/c1-3-5-11-19(24,12-6-4-2)20(26-16-15-25-14-13-21)27-17(22)9-7-8-10-18(23)28-20/h21,24H,3-16H2,1-2H3. The Morgan fingerprint density at radius 3 is 1.96 bits per heavy atom. The van der Waals surface area contributed by atoms with Crippen LogP contribution in [-0.2, 0) is 28.5 Å². The van der Waals surface area contributed by atoms with Gasteiger partial charge in [0.1, 0.15) is 0 Å². The lowest BCUT2D eigenvalue weighted by molar-refractivity contribution is -0.413. The van der Waals surface area contributed by atoms with E-state index in [0.717, 1.165) is 12.8 Å². The molecule has 0 amide bonds. The fourth-order valence-electron chi connectivity index (χ4n) is 3.12. The first-order valence-corrected chi connectivity index (χ1v) is 10.4. The summed E-state index contributed by atoms with van der Waals surface area (Å²) in [6.45, 7) is 3.99. The van der Waals surface area contributed by atoms with Gasteiger partial charge in [-0.2, -0.15) is 0 Å². The molecule has 1 saturated heterocycles. The first-order valence-electron chi connectivity index (χ1n) is 10.4. The van der Waals surface area contributed by atoms with Crippen LogP contribution in [0.3, 0.4) is 0 Å². The third-order valence-electron chi connectivity index (χ3n) is 4.72. The summed E-state index contributed by atoms with van der Waals surface area (Å²) < 4.78 is 22.0. The highest BCUT2D eigenvalue weighted by molar-refractivity contribution is 5.73. The summed E-state index contributed by atoms with van der Waals surface area (Å²) in [6, 6.07) is 0. The number of hydrogen-bond acceptors (Lipinski definition) is 8. The van der Waals surface area contributed by atoms with Gasteiger partial charge in [-0.3, -0.25) is 9.59 Å². The molecule has 0 aromatic carbocycles. The van der Waals surface area contributed by atoms with Crippen molar-refractivity contribution in [2.24, 2.45) is 0 Å². The lowest BCUT2D eigenvalue weighted by Crippen LogP contribution is -2.61. The Hall–Kier alpha value is -1.22. The van der Waals surface area contributed by atoms with Gasteiger partial charge in [-0.25, -0.2) is 0 Å². The van der Waals surface area contributed by atoms with Crippen molar-refractivity contribution in [2.75, 3.05) is 26.4 Å². The molecular formula is C20H36O8. The Kier molecular flexibility index (Phi) is 11.6. The third-order valence-corrected chi connectivity index (χ3v) is 4.72. The van der Waals surface area contributed by atoms with Crippen molar-refractivity contribution in [3.05, 3.63) is 0 Å². The summed E-state index contributed by atoms with van der Waals surface area (Å²) in [6.07, 6.45) is 4.72. The molecule has 1 rings (SSSR count). The predicted octanol–water partition coefficient (Wildman–Crippen LogP) is 2.44. The van der Waals surface area contributed by atoms with Gasteiger partial charge >= 0.3 is 17.9 Å². The summed E-state index contributed by atoms with van der Waals surface area (Å²) in [5.41, 5.74) is -1.66. The SMILES string of the molecule is CCCCC(O)(CCCC)C1(OCCOCCO)OC(=O)CCCCC(=O)O1. The minimum absolute atomic E-state index is 0.0683. The van der Waals surface area contributed by atoms with Gasteiger partial charge in [0.25, 0.3) is 0 Å². The second kappa shape index (κ2) is 13.1. The van der Waals surface area contributed by atoms with Crippen LogP contribution >= 0.6 is 0 Å². The maximum absolute atomic E-state index is 12.4. The maximum Gasteiger partial charge on any atom is 0.406 e. The van der Waals surface area contributed by atoms with E-state index in [0.29, 0.717) is 25.7 Å². The van der Waals surface area contributed by atoms with Crippen LogP contribution in [-0.4, -0.2) is 60.2 Å². The topological polar surface area (TPSA) is 112 Å². The fraction of sp³-hybridized carbons (Fsp3) is 0.900. The van der Waals surface area contributed by atoms with E-state index in [9.17, 15) is 14.7 Å². The minimum Gasteiger partial charge on any atom is -0.396 e. The van der Waals surface area contributed by atoms with Gasteiger partial charge < -0.3 is 29.2 Å². The number of hydrogen-bond donors (Lipinski definition) is 2. The highest BCUT2D eigenvalue weighted by Gasteiger charge is 2.58. The Bertz CT molecular complexity index is 437. The van der Waals surface area contributed by atoms with Gasteiger partial charge in [-0.1, -0.05) is 39.5 Å². The van der Waals surface area contributed by atoms with Crippen molar-refractivity contribution in [2.45, 2.75) is 89.6 Å². The zero-order chi connectivity index (χ0) is 20.9. The smallest absolute Gasteiger partial charge is 0.396 e. The van der Waals surface area contributed by atoms with Gasteiger partial charge in [0, 0.05) is 12.8 Å². The first kappa shape index (κ1) is 24.8. The van der Waals surface area contributed by atoms with E-state index in [2.05, 4.69) is 0 Å². The van der Waals surface area contributed by atoms with Crippen LogP contribution in [0.4, 0.5) is 0 Å². The van der Waals surface area contributed by atoms with E-state index in [1.807, 2.05) is 13.8 Å². The number of rotatable bonds is 13. The predicted molar refractivity (Wildman–Crippen MR) is 101 cm³/mol. The second-order valence-corrected chi connectivity index (χ2v) is 7.13. The van der Waals surface area contributed by atoms with Gasteiger partial charge in [-0.15, -0.1) is 0 Å². The number of ether oxygens (including phenoxy) is 4. The molecule has 8 heteroatoms. The molecule has 1 fully saturated rings. The summed E-state index contributed by atoms with van der Waals surface area (Å²) in [7, 11) is 0. The highest BCUT2D eigenvalue weighted by atomic mass is 16.9. The molecule has 28 heavy (non-hydrogen) atoms. The van der Waals surface area contributed by atoms with Crippen LogP contribution < -0.4 is 0 Å². The molecule has 164 valence electrons. The Morgan fingerprint density at radius 1 is 0.964 bits per heavy atom. The van der Waals surface area contributed by atoms with Crippen molar-refractivity contribution in [3.63, 3.8) is 0 Å². The van der Waals surface area contributed by atoms with E-state index < -0.39 is 23.5 Å². The van der Waals surface area contributed by atoms with E-state index in [-0.39, 0.29) is 52.1 Å². The number of aliphatic hydroxyl groups excluding tert-OH is 1. The monoisotopic (exact) mass is 404 g/mol. The summed E-state index contributed by atoms with van der Waals surface area (Å²) in [5.74, 6) is -3.34. The number of cyclic esters (lactones) is 2. The van der Waals surface area contributed by atoms with Crippen LogP contribution in [0, 0.1) is 0 Å². The zero-order valence-electron chi connectivity index (χ0n) is 17.2. The van der Waals surface area contributed by atoms with Gasteiger partial charge in [0.2, 0.25) is 0 Å². The Balaban J connectivity index is 3.17. The molecule has 0 aromatic heterocycles. The van der Waals surface area contributed by atoms with E-state index in [1.54, 1.807) is 0 Å². The van der Waals surface area contributed by atoms with E-state index in [1.165, 1.54) is 0 Å². The lowest BCUT2D eigenvalue weighted by Gasteiger charge is -2.43. The van der Waals surface area contributed by atoms with Crippen molar-refractivity contribution in [1.82, 2.24) is 0 Å². The third kappa shape index (κ3) is 7.66. The Morgan fingerprint density at radius 2 is 1.50 bits per heavy atom. The van der Waals surface area contributed by atoms with Gasteiger partial charge in [0.15, 0.2) is 5.60 Å². The van der Waals surface area contributed by atoms with Crippen LogP contribution in [0.1, 0.15) is 78.1 Å². The van der Waals surface area contributed by atoms with Crippen molar-refractivity contribution < 1.29 is 38.7 Å². The lowest BCUT2D eigenvalue weighted by atomic mass is 9.88. The summed E-state index contributed by atoms with van der Waals surface area (Å²) >= 11 is 0. The van der Waals surface area contributed by atoms with Crippen molar-refractivity contribution >= 4 is 11.9 Å². The van der Waals surface area contributed by atoms with Crippen molar-refractivity contribution in [1.29, 1.82) is 0 Å². The molecular weight excluding hydrogens is 368 g/mol. The van der Waals surface area contributed by atoms with Crippen LogP contribution in [0.2, 0.25) is 0 Å². The molecule has 0 spiro atoms. The first-order chi connectivity index (χ1) is 13.4. The Labute approximate surface area is 167 Å². The number of esters is 2. The number of aliphatic hydroxyl groups is 2. The summed E-state index contributed by atoms with van der Waals surface area (Å²) in [4.78, 5) is 24.7. The minimum atomic E-state index is -2.20. The molecule has 1 aliphatic rings. The quantitative estimate of drug-likeness (QED) is 0.356. The molecule has 1 heterocycles. The largest absolute Gasteiger partial charge is 0.406 e. The van der Waals surface area contributed by atoms with Crippen LogP contribution in [0.15, 0.2) is 0 Å². The summed E-state index contributed by atoms with van der Waals surface area (Å²) in [5, 5.41) is 20.3. The fourth-order valence-corrected chi connectivity index (χ4v) is 3.12. The number of unbranched alkanes of at least 4 members (excludes halogenated alkanes) is 2. The van der Waals surface area contributed by atoms with Gasteiger partial charge in [0.05, 0.1) is 26.4 Å². The molecule has 0 aromatic rings. The highest BCUT2D eigenvalue weighted by Crippen LogP contribution is 2.39. The average molecular weight is 405 g/mol. The molecule has 1 aliphatic heterocycles. The van der Waals surface area contributed by atoms with E-state index in [4.69, 9.17) is 24.1 Å². The molecule has 0 aliphatic carbocycles. The zero-order valence-corrected chi connectivity index (χ0v) is 17.2. The molecule has 8 nitrogen and oxygen atoms in total. The van der Waals surface area contributed by atoms with Crippen LogP contribution in [0.25, 0.3) is 0 Å². The van der Waals surface area contributed by atoms with Gasteiger partial charge in [-0.05, 0) is 25.7 Å². The molecule has 0 radical (unpaired) electrons. The van der Waals surface area contributed by atoms with Crippen LogP contribution in [0.5, 0.6) is 0 Å². The molecule has 0 bridgehead atoms.